The molecule has 0 heterocycles. The number of nitrogens with zero attached hydrogens (tertiary/aromatic N) is 1. The van der Waals surface area contributed by atoms with Crippen LogP contribution in [0.15, 0.2) is 18.2 Å². The van der Waals surface area contributed by atoms with Crippen LogP contribution in [0.5, 0.6) is 0 Å². The molecule has 5 heteroatoms. The lowest BCUT2D eigenvalue weighted by atomic mass is 10.1. The molecular weight excluding hydrogens is 260 g/mol. The first kappa shape index (κ1) is 15.5. The second-order valence-corrected chi connectivity index (χ2v) is 5.33. The van der Waals surface area contributed by atoms with E-state index in [9.17, 15) is 4.79 Å². The number of thioether (sulfide) groups is 1. The van der Waals surface area contributed by atoms with Gasteiger partial charge in [-0.25, -0.2) is 0 Å². The van der Waals surface area contributed by atoms with Gasteiger partial charge in [0, 0.05) is 5.75 Å². The standard InChI is InChI=1S/C14H18N2O2S/c1-10-7-11(8-15)3-4-12(10)9-19-6-5-13(16)14(17)18-2/h3-4,7,13H,5-6,9,16H2,1-2H3. The lowest BCUT2D eigenvalue weighted by Gasteiger charge is -2.09. The fourth-order valence-corrected chi connectivity index (χ4v) is 2.70. The van der Waals surface area contributed by atoms with E-state index in [-0.39, 0.29) is 5.97 Å². The highest BCUT2D eigenvalue weighted by Gasteiger charge is 2.12. The number of carbonyl (C=O) groups excluding carboxylic acids is 1. The number of carbonyl (C=O) groups is 1. The van der Waals surface area contributed by atoms with E-state index in [0.717, 1.165) is 17.1 Å². The van der Waals surface area contributed by atoms with Crippen molar-refractivity contribution in [1.29, 1.82) is 5.26 Å². The van der Waals surface area contributed by atoms with Crippen LogP contribution in [0, 0.1) is 18.3 Å². The van der Waals surface area contributed by atoms with E-state index in [1.807, 2.05) is 25.1 Å². The van der Waals surface area contributed by atoms with Crippen molar-refractivity contribution in [3.63, 3.8) is 0 Å². The van der Waals surface area contributed by atoms with Gasteiger partial charge in [-0.05, 0) is 42.4 Å². The summed E-state index contributed by atoms with van der Waals surface area (Å²) in [6, 6.07) is 7.26. The number of esters is 1. The first-order valence-electron chi connectivity index (χ1n) is 5.99. The van der Waals surface area contributed by atoms with Crippen molar-refractivity contribution < 1.29 is 9.53 Å². The SMILES string of the molecule is COC(=O)C(N)CCSCc1ccc(C#N)cc1C. The van der Waals surface area contributed by atoms with Crippen LogP contribution in [-0.2, 0) is 15.3 Å². The van der Waals surface area contributed by atoms with Crippen LogP contribution in [0.3, 0.4) is 0 Å². The molecule has 0 amide bonds. The molecule has 102 valence electrons. The Hall–Kier alpha value is -1.51. The summed E-state index contributed by atoms with van der Waals surface area (Å²) in [5.41, 5.74) is 8.65. The minimum atomic E-state index is -0.542. The van der Waals surface area contributed by atoms with Gasteiger partial charge < -0.3 is 10.5 Å². The minimum absolute atomic E-state index is 0.366. The Morgan fingerprint density at radius 1 is 1.58 bits per heavy atom. The second kappa shape index (κ2) is 7.82. The molecule has 0 saturated heterocycles. The molecule has 1 rings (SSSR count). The van der Waals surface area contributed by atoms with Crippen molar-refractivity contribution >= 4 is 17.7 Å². The van der Waals surface area contributed by atoms with Gasteiger partial charge in [-0.1, -0.05) is 6.07 Å². The number of ether oxygens (including phenoxy) is 1. The van der Waals surface area contributed by atoms with Crippen LogP contribution in [0.25, 0.3) is 0 Å². The Morgan fingerprint density at radius 2 is 2.32 bits per heavy atom. The Labute approximate surface area is 117 Å². The molecule has 4 nitrogen and oxygen atoms in total. The fraction of sp³-hybridized carbons (Fsp3) is 0.429. The van der Waals surface area contributed by atoms with Crippen LogP contribution in [0.1, 0.15) is 23.1 Å². The van der Waals surface area contributed by atoms with Gasteiger partial charge in [0.05, 0.1) is 18.7 Å². The summed E-state index contributed by atoms with van der Waals surface area (Å²) in [4.78, 5) is 11.1. The molecule has 0 bridgehead atoms. The second-order valence-electron chi connectivity index (χ2n) is 4.22. The van der Waals surface area contributed by atoms with Crippen molar-refractivity contribution in [1.82, 2.24) is 0 Å². The van der Waals surface area contributed by atoms with Gasteiger partial charge in [0.2, 0.25) is 0 Å². The number of rotatable bonds is 6. The zero-order valence-corrected chi connectivity index (χ0v) is 12.0. The summed E-state index contributed by atoms with van der Waals surface area (Å²) in [7, 11) is 1.34. The van der Waals surface area contributed by atoms with E-state index in [4.69, 9.17) is 11.0 Å². The number of benzene rings is 1. The van der Waals surface area contributed by atoms with Gasteiger partial charge >= 0.3 is 5.97 Å². The molecule has 0 fully saturated rings. The van der Waals surface area contributed by atoms with Crippen molar-refractivity contribution in [2.24, 2.45) is 5.73 Å². The summed E-state index contributed by atoms with van der Waals surface area (Å²) in [5.74, 6) is 1.29. The fourth-order valence-electron chi connectivity index (χ4n) is 1.59. The third-order valence-corrected chi connectivity index (χ3v) is 3.85. The summed E-state index contributed by atoms with van der Waals surface area (Å²) in [6.07, 6.45) is 0.604. The Kier molecular flexibility index (Phi) is 6.40. The minimum Gasteiger partial charge on any atom is -0.468 e. The third-order valence-electron chi connectivity index (χ3n) is 2.81. The van der Waals surface area contributed by atoms with E-state index in [1.54, 1.807) is 11.8 Å². The summed E-state index contributed by atoms with van der Waals surface area (Å²) in [5, 5.41) is 8.79. The molecular formula is C14H18N2O2S. The molecule has 19 heavy (non-hydrogen) atoms. The maximum absolute atomic E-state index is 11.1. The number of aryl methyl sites for hydroxylation is 1. The number of hydrogen-bond acceptors (Lipinski definition) is 5. The normalized spacial score (nSPS) is 11.7. The smallest absolute Gasteiger partial charge is 0.322 e. The van der Waals surface area contributed by atoms with Crippen molar-refractivity contribution in [2.45, 2.75) is 25.1 Å². The lowest BCUT2D eigenvalue weighted by Crippen LogP contribution is -2.31. The molecule has 1 unspecified atom stereocenters. The predicted molar refractivity (Wildman–Crippen MR) is 76.7 cm³/mol. The first-order chi connectivity index (χ1) is 9.08. The molecule has 0 aliphatic heterocycles. The molecule has 1 atom stereocenters. The number of nitriles is 1. The zero-order valence-electron chi connectivity index (χ0n) is 11.2. The van der Waals surface area contributed by atoms with E-state index < -0.39 is 6.04 Å². The van der Waals surface area contributed by atoms with E-state index in [1.165, 1.54) is 12.7 Å². The van der Waals surface area contributed by atoms with Gasteiger partial charge in [-0.2, -0.15) is 17.0 Å². The summed E-state index contributed by atoms with van der Waals surface area (Å²) in [6.45, 7) is 2.00. The molecule has 0 radical (unpaired) electrons. The van der Waals surface area contributed by atoms with Gasteiger partial charge in [0.25, 0.3) is 0 Å². The quantitative estimate of drug-likeness (QED) is 0.636. The highest BCUT2D eigenvalue weighted by molar-refractivity contribution is 7.98. The van der Waals surface area contributed by atoms with E-state index >= 15 is 0 Å². The van der Waals surface area contributed by atoms with Crippen molar-refractivity contribution in [2.75, 3.05) is 12.9 Å². The predicted octanol–water partition coefficient (Wildman–Crippen LogP) is 1.99. The summed E-state index contributed by atoms with van der Waals surface area (Å²) >= 11 is 1.72. The average molecular weight is 278 g/mol. The highest BCUT2D eigenvalue weighted by Crippen LogP contribution is 2.18. The molecule has 0 aliphatic carbocycles. The Bertz CT molecular complexity index is 483. The van der Waals surface area contributed by atoms with Crippen molar-refractivity contribution in [3.8, 4) is 6.07 Å². The van der Waals surface area contributed by atoms with Crippen LogP contribution in [-0.4, -0.2) is 24.9 Å². The van der Waals surface area contributed by atoms with Gasteiger partial charge in [0.15, 0.2) is 0 Å². The Balaban J connectivity index is 2.38. The zero-order chi connectivity index (χ0) is 14.3. The lowest BCUT2D eigenvalue weighted by molar-refractivity contribution is -0.142. The molecule has 0 spiro atoms. The van der Waals surface area contributed by atoms with Gasteiger partial charge in [0.1, 0.15) is 6.04 Å². The molecule has 0 aliphatic rings. The number of methoxy groups -OCH3 is 1. The molecule has 0 aromatic heterocycles. The highest BCUT2D eigenvalue weighted by atomic mass is 32.2. The number of hydrogen-bond donors (Lipinski definition) is 1. The molecule has 0 saturated carbocycles. The topological polar surface area (TPSA) is 76.1 Å². The van der Waals surface area contributed by atoms with Crippen LogP contribution >= 0.6 is 11.8 Å². The van der Waals surface area contributed by atoms with Gasteiger partial charge in [-0.3, -0.25) is 4.79 Å². The monoisotopic (exact) mass is 278 g/mol. The van der Waals surface area contributed by atoms with Gasteiger partial charge in [-0.15, -0.1) is 0 Å². The summed E-state index contributed by atoms with van der Waals surface area (Å²) < 4.78 is 4.57. The Morgan fingerprint density at radius 3 is 2.89 bits per heavy atom. The number of nitrogens with two attached hydrogens (primary N) is 1. The van der Waals surface area contributed by atoms with Crippen molar-refractivity contribution in [3.05, 3.63) is 34.9 Å². The van der Waals surface area contributed by atoms with E-state index in [2.05, 4.69) is 10.8 Å². The van der Waals surface area contributed by atoms with Crippen LogP contribution in [0.4, 0.5) is 0 Å². The average Bonchev–Trinajstić information content (AvgIpc) is 2.43. The largest absolute Gasteiger partial charge is 0.468 e. The van der Waals surface area contributed by atoms with E-state index in [0.29, 0.717) is 12.0 Å². The molecule has 1 aromatic carbocycles. The maximum Gasteiger partial charge on any atom is 0.322 e. The molecule has 1 aromatic rings. The van der Waals surface area contributed by atoms with Crippen LogP contribution < -0.4 is 5.73 Å². The third kappa shape index (κ3) is 4.93. The molecule has 2 N–H and O–H groups in total. The maximum atomic E-state index is 11.1. The first-order valence-corrected chi connectivity index (χ1v) is 7.14. The van der Waals surface area contributed by atoms with Crippen LogP contribution in [0.2, 0.25) is 0 Å².